The molecule has 0 aliphatic carbocycles. The lowest BCUT2D eigenvalue weighted by molar-refractivity contribution is 0.0860. The number of aromatic nitrogens is 2. The smallest absolute Gasteiger partial charge is 0.295 e. The first-order valence-corrected chi connectivity index (χ1v) is 8.54. The van der Waals surface area contributed by atoms with Gasteiger partial charge in [-0.2, -0.15) is 4.73 Å². The van der Waals surface area contributed by atoms with Gasteiger partial charge in [-0.05, 0) is 37.1 Å². The predicted octanol–water partition coefficient (Wildman–Crippen LogP) is 2.80. The van der Waals surface area contributed by atoms with E-state index in [1.807, 2.05) is 32.0 Å². The van der Waals surface area contributed by atoms with Gasteiger partial charge in [0, 0.05) is 17.8 Å². The maximum absolute atomic E-state index is 12.5. The van der Waals surface area contributed by atoms with Gasteiger partial charge in [-0.1, -0.05) is 23.8 Å². The van der Waals surface area contributed by atoms with Crippen molar-refractivity contribution in [1.29, 1.82) is 0 Å². The Morgan fingerprint density at radius 1 is 1.32 bits per heavy atom. The number of nitrogens with zero attached hydrogens (tertiary/aromatic N) is 2. The molecule has 1 amide bonds. The summed E-state index contributed by atoms with van der Waals surface area (Å²) < 4.78 is 1.08. The minimum Gasteiger partial charge on any atom is -0.406 e. The van der Waals surface area contributed by atoms with Gasteiger partial charge in [0.25, 0.3) is 11.5 Å². The highest BCUT2D eigenvalue weighted by Crippen LogP contribution is 2.12. The van der Waals surface area contributed by atoms with E-state index >= 15 is 0 Å². The Bertz CT molecular complexity index is 948. The third-order valence-corrected chi connectivity index (χ3v) is 4.36. The number of amides is 1. The molecule has 6 nitrogen and oxygen atoms in total. The molecule has 1 N–H and O–H groups in total. The van der Waals surface area contributed by atoms with Crippen LogP contribution in [0.2, 0.25) is 0 Å². The van der Waals surface area contributed by atoms with Crippen LogP contribution in [0.4, 0.5) is 5.13 Å². The summed E-state index contributed by atoms with van der Waals surface area (Å²) in [5, 5.41) is 4.78. The van der Waals surface area contributed by atoms with Crippen LogP contribution >= 0.6 is 11.3 Å². The molecule has 0 aliphatic heterocycles. The van der Waals surface area contributed by atoms with E-state index in [2.05, 4.69) is 10.3 Å². The van der Waals surface area contributed by atoms with Gasteiger partial charge >= 0.3 is 0 Å². The Kier molecular flexibility index (Phi) is 4.95. The first-order valence-electron chi connectivity index (χ1n) is 7.66. The molecule has 128 valence electrons. The van der Waals surface area contributed by atoms with Crippen molar-refractivity contribution in [2.24, 2.45) is 0 Å². The maximum atomic E-state index is 12.5. The minimum atomic E-state index is -0.512. The van der Waals surface area contributed by atoms with Crippen LogP contribution in [0.15, 0.2) is 52.9 Å². The number of rotatable bonds is 5. The summed E-state index contributed by atoms with van der Waals surface area (Å²) in [7, 11) is 0. The lowest BCUT2D eigenvalue weighted by Gasteiger charge is -2.11. The molecule has 0 bridgehead atoms. The molecule has 0 saturated carbocycles. The predicted molar refractivity (Wildman–Crippen MR) is 97.0 cm³/mol. The highest BCUT2D eigenvalue weighted by molar-refractivity contribution is 7.13. The second kappa shape index (κ2) is 7.31. The molecule has 0 unspecified atom stereocenters. The van der Waals surface area contributed by atoms with Crippen molar-refractivity contribution < 1.29 is 9.63 Å². The second-order valence-corrected chi connectivity index (χ2v) is 6.44. The summed E-state index contributed by atoms with van der Waals surface area (Å²) >= 11 is 1.28. The molecular formula is C18H17N3O3S. The van der Waals surface area contributed by atoms with E-state index in [0.717, 1.165) is 21.4 Å². The molecule has 0 aliphatic rings. The summed E-state index contributed by atoms with van der Waals surface area (Å²) in [5.74, 6) is -0.510. The van der Waals surface area contributed by atoms with Crippen molar-refractivity contribution in [3.8, 4) is 0 Å². The average Bonchev–Trinajstić information content (AvgIpc) is 3.09. The van der Waals surface area contributed by atoms with E-state index < -0.39 is 11.5 Å². The zero-order valence-corrected chi connectivity index (χ0v) is 14.7. The van der Waals surface area contributed by atoms with E-state index in [-0.39, 0.29) is 12.2 Å². The van der Waals surface area contributed by atoms with Gasteiger partial charge in [-0.3, -0.25) is 14.9 Å². The molecule has 0 atom stereocenters. The van der Waals surface area contributed by atoms with Gasteiger partial charge in [0.15, 0.2) is 5.13 Å². The molecule has 3 aromatic rings. The molecule has 7 heteroatoms. The van der Waals surface area contributed by atoms with E-state index in [1.54, 1.807) is 17.6 Å². The normalized spacial score (nSPS) is 10.5. The summed E-state index contributed by atoms with van der Waals surface area (Å²) in [6, 6.07) is 9.10. The molecule has 25 heavy (non-hydrogen) atoms. The Balaban J connectivity index is 1.78. The summed E-state index contributed by atoms with van der Waals surface area (Å²) in [5.41, 5.74) is 2.68. The Morgan fingerprint density at radius 3 is 2.92 bits per heavy atom. The molecule has 0 spiro atoms. The summed E-state index contributed by atoms with van der Waals surface area (Å²) in [6.07, 6.45) is 3.07. The van der Waals surface area contributed by atoms with Gasteiger partial charge in [-0.15, -0.1) is 11.3 Å². The van der Waals surface area contributed by atoms with Crippen LogP contribution < -0.4 is 15.7 Å². The lowest BCUT2D eigenvalue weighted by Crippen LogP contribution is -2.32. The highest BCUT2D eigenvalue weighted by atomic mass is 32.1. The van der Waals surface area contributed by atoms with E-state index in [4.69, 9.17) is 4.84 Å². The average molecular weight is 355 g/mol. The number of hydrogen-bond donors (Lipinski definition) is 1. The number of anilines is 1. The van der Waals surface area contributed by atoms with Crippen LogP contribution in [0.3, 0.4) is 0 Å². The van der Waals surface area contributed by atoms with Crippen LogP contribution in [-0.2, 0) is 6.61 Å². The highest BCUT2D eigenvalue weighted by Gasteiger charge is 2.14. The minimum absolute atomic E-state index is 0.00124. The maximum Gasteiger partial charge on any atom is 0.295 e. The van der Waals surface area contributed by atoms with Gasteiger partial charge in [-0.25, -0.2) is 4.98 Å². The van der Waals surface area contributed by atoms with Crippen molar-refractivity contribution >= 4 is 22.4 Å². The van der Waals surface area contributed by atoms with Crippen LogP contribution in [-0.4, -0.2) is 15.6 Å². The first kappa shape index (κ1) is 16.9. The van der Waals surface area contributed by atoms with Crippen LogP contribution in [0, 0.1) is 13.8 Å². The fourth-order valence-electron chi connectivity index (χ4n) is 2.29. The largest absolute Gasteiger partial charge is 0.406 e. The lowest BCUT2D eigenvalue weighted by atomic mass is 10.1. The number of aryl methyl sites for hydroxylation is 2. The SMILES string of the molecule is Cc1ccc(C)c(COn2cccc(C(=O)Nc3nccs3)c2=O)c1. The summed E-state index contributed by atoms with van der Waals surface area (Å²) in [4.78, 5) is 34.3. The third kappa shape index (κ3) is 3.95. The molecule has 2 aromatic heterocycles. The van der Waals surface area contributed by atoms with Gasteiger partial charge in [0.05, 0.1) is 0 Å². The Hall–Kier alpha value is -2.93. The second-order valence-electron chi connectivity index (χ2n) is 5.55. The van der Waals surface area contributed by atoms with Crippen molar-refractivity contribution in [3.63, 3.8) is 0 Å². The number of carbonyl (C=O) groups is 1. The van der Waals surface area contributed by atoms with Crippen LogP contribution in [0.1, 0.15) is 27.0 Å². The van der Waals surface area contributed by atoms with E-state index in [9.17, 15) is 9.59 Å². The zero-order chi connectivity index (χ0) is 17.8. The van der Waals surface area contributed by atoms with Gasteiger partial charge in [0.1, 0.15) is 12.2 Å². The first-order chi connectivity index (χ1) is 12.0. The number of hydrogen-bond acceptors (Lipinski definition) is 5. The number of nitrogens with one attached hydrogen (secondary N) is 1. The quantitative estimate of drug-likeness (QED) is 0.764. The molecule has 0 fully saturated rings. The van der Waals surface area contributed by atoms with E-state index in [0.29, 0.717) is 5.13 Å². The standard InChI is InChI=1S/C18H17N3O3S/c1-12-5-6-13(2)14(10-12)11-24-21-8-3-4-15(17(21)23)16(22)20-18-19-7-9-25-18/h3-10H,11H2,1-2H3,(H,19,20,22). The van der Waals surface area contributed by atoms with E-state index in [1.165, 1.54) is 23.6 Å². The van der Waals surface area contributed by atoms with Gasteiger partial charge < -0.3 is 4.84 Å². The monoisotopic (exact) mass is 355 g/mol. The number of benzene rings is 1. The topological polar surface area (TPSA) is 73.2 Å². The summed E-state index contributed by atoms with van der Waals surface area (Å²) in [6.45, 7) is 4.22. The van der Waals surface area contributed by atoms with Crippen LogP contribution in [0.25, 0.3) is 0 Å². The van der Waals surface area contributed by atoms with Crippen molar-refractivity contribution in [2.75, 3.05) is 5.32 Å². The Labute approximate surface area is 148 Å². The number of carbonyl (C=O) groups excluding carboxylic acids is 1. The van der Waals surface area contributed by atoms with Crippen molar-refractivity contribution in [3.05, 3.63) is 80.7 Å². The molecule has 0 saturated heterocycles. The number of pyridine rings is 1. The molecule has 3 rings (SSSR count). The van der Waals surface area contributed by atoms with Gasteiger partial charge in [0.2, 0.25) is 0 Å². The fourth-order valence-corrected chi connectivity index (χ4v) is 2.82. The number of thiazole rings is 1. The fraction of sp³-hybridized carbons (Fsp3) is 0.167. The van der Waals surface area contributed by atoms with Crippen molar-refractivity contribution in [1.82, 2.24) is 9.71 Å². The third-order valence-electron chi connectivity index (χ3n) is 3.68. The molecule has 0 radical (unpaired) electrons. The zero-order valence-electron chi connectivity index (χ0n) is 13.9. The molecular weight excluding hydrogens is 338 g/mol. The Morgan fingerprint density at radius 2 is 2.16 bits per heavy atom. The molecule has 1 aromatic carbocycles. The molecule has 2 heterocycles. The van der Waals surface area contributed by atoms with Crippen LogP contribution in [0.5, 0.6) is 0 Å². The van der Waals surface area contributed by atoms with Crippen molar-refractivity contribution in [2.45, 2.75) is 20.5 Å².